The van der Waals surface area contributed by atoms with Crippen molar-refractivity contribution in [3.05, 3.63) is 46.4 Å². The van der Waals surface area contributed by atoms with E-state index < -0.39 is 23.4 Å². The van der Waals surface area contributed by atoms with E-state index in [1.807, 2.05) is 0 Å². The fourth-order valence-electron chi connectivity index (χ4n) is 3.36. The van der Waals surface area contributed by atoms with Gasteiger partial charge in [-0.25, -0.2) is 13.2 Å². The maximum absolute atomic E-state index is 14.2. The van der Waals surface area contributed by atoms with E-state index in [2.05, 4.69) is 15.5 Å². The summed E-state index contributed by atoms with van der Waals surface area (Å²) < 4.78 is 41.0. The minimum absolute atomic E-state index is 0.0121. The highest BCUT2D eigenvalue weighted by Crippen LogP contribution is 2.45. The molecule has 1 aliphatic carbocycles. The number of hydrogen-bond donors (Lipinski definition) is 2. The van der Waals surface area contributed by atoms with Crippen molar-refractivity contribution >= 4 is 11.7 Å². The van der Waals surface area contributed by atoms with E-state index >= 15 is 0 Å². The zero-order valence-electron chi connectivity index (χ0n) is 12.1. The van der Waals surface area contributed by atoms with Gasteiger partial charge in [-0.3, -0.25) is 9.89 Å². The van der Waals surface area contributed by atoms with Gasteiger partial charge in [0.15, 0.2) is 17.5 Å². The van der Waals surface area contributed by atoms with Gasteiger partial charge in [0, 0.05) is 35.6 Å². The van der Waals surface area contributed by atoms with Gasteiger partial charge in [-0.2, -0.15) is 5.10 Å². The zero-order valence-corrected chi connectivity index (χ0v) is 12.1. The lowest BCUT2D eigenvalue weighted by molar-refractivity contribution is -0.116. The average molecular weight is 321 g/mol. The van der Waals surface area contributed by atoms with Crippen LogP contribution in [-0.2, 0) is 4.79 Å². The highest BCUT2D eigenvalue weighted by Gasteiger charge is 2.36. The number of hydrogen-bond acceptors (Lipinski definition) is 2. The number of carbonyl (C=O) groups is 1. The first-order chi connectivity index (χ1) is 11.0. The monoisotopic (exact) mass is 321 g/mol. The summed E-state index contributed by atoms with van der Waals surface area (Å²) in [6.07, 6.45) is 3.08. The summed E-state index contributed by atoms with van der Waals surface area (Å²) in [4.78, 5) is 11.9. The number of H-pyrrole nitrogens is 1. The van der Waals surface area contributed by atoms with Crippen molar-refractivity contribution in [1.82, 2.24) is 10.2 Å². The van der Waals surface area contributed by atoms with E-state index in [4.69, 9.17) is 0 Å². The van der Waals surface area contributed by atoms with Crippen LogP contribution < -0.4 is 5.32 Å². The smallest absolute Gasteiger partial charge is 0.226 e. The Bertz CT molecular complexity index is 798. The molecule has 2 heterocycles. The lowest BCUT2D eigenvalue weighted by Gasteiger charge is -2.29. The van der Waals surface area contributed by atoms with Crippen molar-refractivity contribution in [2.75, 3.05) is 5.32 Å². The molecule has 7 heteroatoms. The first kappa shape index (κ1) is 14.3. The fourth-order valence-corrected chi connectivity index (χ4v) is 3.36. The number of nitrogens with zero attached hydrogens (tertiary/aromatic N) is 1. The number of anilines is 1. The molecule has 1 aromatic heterocycles. The highest BCUT2D eigenvalue weighted by atomic mass is 19.2. The Morgan fingerprint density at radius 2 is 1.83 bits per heavy atom. The molecule has 1 atom stereocenters. The largest absolute Gasteiger partial charge is 0.309 e. The van der Waals surface area contributed by atoms with E-state index in [1.165, 1.54) is 0 Å². The third-order valence-corrected chi connectivity index (χ3v) is 4.76. The molecule has 1 saturated carbocycles. The van der Waals surface area contributed by atoms with Crippen LogP contribution in [0.3, 0.4) is 0 Å². The van der Waals surface area contributed by atoms with Crippen LogP contribution in [0, 0.1) is 17.5 Å². The molecule has 4 nitrogen and oxygen atoms in total. The molecule has 4 rings (SSSR count). The van der Waals surface area contributed by atoms with Gasteiger partial charge in [0.05, 0.1) is 0 Å². The van der Waals surface area contributed by atoms with E-state index in [0.717, 1.165) is 31.0 Å². The Hall–Kier alpha value is -2.31. The number of fused-ring (bicyclic) bond motifs is 1. The summed E-state index contributed by atoms with van der Waals surface area (Å²) >= 11 is 0. The van der Waals surface area contributed by atoms with Gasteiger partial charge in [-0.15, -0.1) is 0 Å². The SMILES string of the molecule is O=C1CC(c2cc(F)c(F)cc2F)c2c(n[nH]c2C2CCC2)N1. The highest BCUT2D eigenvalue weighted by molar-refractivity contribution is 5.94. The van der Waals surface area contributed by atoms with E-state index in [1.54, 1.807) is 0 Å². The Morgan fingerprint density at radius 1 is 1.09 bits per heavy atom. The molecule has 1 aliphatic heterocycles. The number of aromatic nitrogens is 2. The molecule has 2 aliphatic rings. The van der Waals surface area contributed by atoms with Gasteiger partial charge in [0.2, 0.25) is 5.91 Å². The first-order valence-electron chi connectivity index (χ1n) is 7.57. The molecule has 2 aromatic rings. The Balaban J connectivity index is 1.85. The van der Waals surface area contributed by atoms with Crippen molar-refractivity contribution < 1.29 is 18.0 Å². The molecule has 1 fully saturated rings. The predicted molar refractivity (Wildman–Crippen MR) is 76.6 cm³/mol. The van der Waals surface area contributed by atoms with E-state index in [9.17, 15) is 18.0 Å². The number of amides is 1. The topological polar surface area (TPSA) is 57.8 Å². The third-order valence-electron chi connectivity index (χ3n) is 4.76. The van der Waals surface area contributed by atoms with Crippen LogP contribution in [0.15, 0.2) is 12.1 Å². The quantitative estimate of drug-likeness (QED) is 0.831. The number of nitrogens with one attached hydrogen (secondary N) is 2. The molecule has 0 radical (unpaired) electrons. The van der Waals surface area contributed by atoms with Crippen molar-refractivity contribution in [3.63, 3.8) is 0 Å². The molecule has 120 valence electrons. The second-order valence-corrected chi connectivity index (χ2v) is 6.12. The van der Waals surface area contributed by atoms with Gasteiger partial charge in [0.1, 0.15) is 5.82 Å². The maximum Gasteiger partial charge on any atom is 0.226 e. The Kier molecular flexibility index (Phi) is 3.18. The third kappa shape index (κ3) is 2.22. The molecule has 2 N–H and O–H groups in total. The van der Waals surface area contributed by atoms with Crippen LogP contribution in [0.4, 0.5) is 19.0 Å². The second-order valence-electron chi connectivity index (χ2n) is 6.12. The van der Waals surface area contributed by atoms with Gasteiger partial charge in [-0.05, 0) is 24.5 Å². The number of halogens is 3. The Morgan fingerprint density at radius 3 is 2.52 bits per heavy atom. The van der Waals surface area contributed by atoms with Crippen molar-refractivity contribution in [2.24, 2.45) is 0 Å². The molecule has 1 amide bonds. The number of aromatic amines is 1. The average Bonchev–Trinajstić information content (AvgIpc) is 2.84. The maximum atomic E-state index is 14.2. The van der Waals surface area contributed by atoms with Crippen LogP contribution >= 0.6 is 0 Å². The van der Waals surface area contributed by atoms with Crippen LogP contribution in [0.1, 0.15) is 54.3 Å². The summed E-state index contributed by atoms with van der Waals surface area (Å²) in [6.45, 7) is 0. The summed E-state index contributed by atoms with van der Waals surface area (Å²) in [6, 6.07) is 1.37. The molecule has 1 aromatic carbocycles. The summed E-state index contributed by atoms with van der Waals surface area (Å²) in [7, 11) is 0. The lowest BCUT2D eigenvalue weighted by atomic mass is 9.77. The summed E-state index contributed by atoms with van der Waals surface area (Å²) in [5.74, 6) is -3.55. The van der Waals surface area contributed by atoms with Gasteiger partial charge in [0.25, 0.3) is 0 Å². The number of carbonyl (C=O) groups excluding carboxylic acids is 1. The Labute approximate surface area is 130 Å². The van der Waals surface area contributed by atoms with Gasteiger partial charge < -0.3 is 5.32 Å². The minimum atomic E-state index is -1.24. The molecule has 23 heavy (non-hydrogen) atoms. The molecular formula is C16H14F3N3O. The van der Waals surface area contributed by atoms with Crippen LogP contribution in [-0.4, -0.2) is 16.1 Å². The van der Waals surface area contributed by atoms with Crippen molar-refractivity contribution in [1.29, 1.82) is 0 Å². The van der Waals surface area contributed by atoms with Crippen LogP contribution in [0.2, 0.25) is 0 Å². The van der Waals surface area contributed by atoms with Gasteiger partial charge >= 0.3 is 0 Å². The normalized spacial score (nSPS) is 20.8. The summed E-state index contributed by atoms with van der Waals surface area (Å²) in [5, 5.41) is 9.69. The molecule has 0 bridgehead atoms. The molecule has 0 spiro atoms. The predicted octanol–water partition coefficient (Wildman–Crippen LogP) is 3.57. The van der Waals surface area contributed by atoms with Gasteiger partial charge in [-0.1, -0.05) is 6.42 Å². The fraction of sp³-hybridized carbons (Fsp3) is 0.375. The standard InChI is InChI=1S/C16H14F3N3O/c17-10-6-12(19)11(18)4-8(10)9-5-13(23)20-16-14(9)15(21-22-16)7-2-1-3-7/h4,6-7,9H,1-3,5H2,(H2,20,21,22,23). The van der Waals surface area contributed by atoms with Crippen molar-refractivity contribution in [3.8, 4) is 0 Å². The second kappa shape index (κ2) is 5.11. The number of rotatable bonds is 2. The number of benzene rings is 1. The molecule has 1 unspecified atom stereocenters. The lowest BCUT2D eigenvalue weighted by Crippen LogP contribution is -2.25. The molecular weight excluding hydrogens is 307 g/mol. The summed E-state index contributed by atoms with van der Waals surface area (Å²) in [5.41, 5.74) is 1.54. The molecule has 0 saturated heterocycles. The zero-order chi connectivity index (χ0) is 16.1. The first-order valence-corrected chi connectivity index (χ1v) is 7.57. The van der Waals surface area contributed by atoms with E-state index in [-0.39, 0.29) is 23.8 Å². The van der Waals surface area contributed by atoms with E-state index in [0.29, 0.717) is 17.4 Å². The van der Waals surface area contributed by atoms with Crippen molar-refractivity contribution in [2.45, 2.75) is 37.5 Å². The minimum Gasteiger partial charge on any atom is -0.309 e. The van der Waals surface area contributed by atoms with Crippen LogP contribution in [0.25, 0.3) is 0 Å². The van der Waals surface area contributed by atoms with Crippen LogP contribution in [0.5, 0.6) is 0 Å².